The van der Waals surface area contributed by atoms with Gasteiger partial charge in [0.15, 0.2) is 0 Å². The van der Waals surface area contributed by atoms with E-state index >= 15 is 0 Å². The Bertz CT molecular complexity index is 253. The molecule has 0 aromatic carbocycles. The van der Waals surface area contributed by atoms with Gasteiger partial charge in [-0.05, 0) is 37.5 Å². The maximum Gasteiger partial charge on any atom is 0.108 e. The normalized spacial score (nSPS) is 27.1. The predicted octanol–water partition coefficient (Wildman–Crippen LogP) is 1.89. The zero-order valence-corrected chi connectivity index (χ0v) is 8.34. The molecule has 4 nitrogen and oxygen atoms in total. The maximum atomic E-state index is 4.49. The van der Waals surface area contributed by atoms with E-state index in [1.165, 1.54) is 25.7 Å². The van der Waals surface area contributed by atoms with Gasteiger partial charge in [0, 0.05) is 0 Å². The van der Waals surface area contributed by atoms with Gasteiger partial charge in [-0.2, -0.15) is 5.11 Å². The van der Waals surface area contributed by atoms with E-state index in [1.54, 1.807) is 6.34 Å². The minimum Gasteiger partial charge on any atom is -0.272 e. The number of aliphatic imine (C=N–C) groups is 1. The molecule has 0 atom stereocenters. The van der Waals surface area contributed by atoms with Crippen LogP contribution in [-0.4, -0.2) is 30.5 Å². The summed E-state index contributed by atoms with van der Waals surface area (Å²) in [6.45, 7) is 1.78. The average Bonchev–Trinajstić information content (AvgIpc) is 3.09. The van der Waals surface area contributed by atoms with Crippen molar-refractivity contribution in [2.75, 3.05) is 13.1 Å². The summed E-state index contributed by atoms with van der Waals surface area (Å²) in [6.07, 6.45) is 7.27. The van der Waals surface area contributed by atoms with Gasteiger partial charge in [-0.15, -0.1) is 0 Å². The third-order valence-corrected chi connectivity index (χ3v) is 3.18. The van der Waals surface area contributed by atoms with Crippen LogP contribution in [0.25, 0.3) is 0 Å². The smallest absolute Gasteiger partial charge is 0.108 e. The molecule has 2 aliphatic carbocycles. The first-order valence-corrected chi connectivity index (χ1v) is 5.61. The van der Waals surface area contributed by atoms with Crippen molar-refractivity contribution in [2.45, 2.75) is 31.7 Å². The second kappa shape index (κ2) is 3.33. The number of nitrogens with zero attached hydrogens (tertiary/aromatic N) is 4. The Labute approximate surface area is 84.1 Å². The fourth-order valence-electron chi connectivity index (χ4n) is 2.01. The van der Waals surface area contributed by atoms with Gasteiger partial charge in [0.2, 0.25) is 0 Å². The summed E-state index contributed by atoms with van der Waals surface area (Å²) in [6, 6.07) is 0.531. The van der Waals surface area contributed by atoms with Crippen molar-refractivity contribution in [3.05, 3.63) is 0 Å². The number of rotatable bonds is 4. The summed E-state index contributed by atoms with van der Waals surface area (Å²) in [7, 11) is 0. The fourth-order valence-corrected chi connectivity index (χ4v) is 2.01. The van der Waals surface area contributed by atoms with Gasteiger partial charge in [0.25, 0.3) is 0 Å². The Morgan fingerprint density at radius 1 is 1.21 bits per heavy atom. The largest absolute Gasteiger partial charge is 0.272 e. The van der Waals surface area contributed by atoms with Crippen LogP contribution in [0, 0.1) is 11.8 Å². The highest BCUT2D eigenvalue weighted by atomic mass is 15.6. The van der Waals surface area contributed by atoms with E-state index < -0.39 is 0 Å². The van der Waals surface area contributed by atoms with Gasteiger partial charge in [0.1, 0.15) is 6.34 Å². The van der Waals surface area contributed by atoms with E-state index in [2.05, 4.69) is 15.3 Å². The molecule has 4 heteroatoms. The van der Waals surface area contributed by atoms with E-state index in [9.17, 15) is 0 Å². The quantitative estimate of drug-likeness (QED) is 0.627. The van der Waals surface area contributed by atoms with Gasteiger partial charge in [0.05, 0.1) is 19.1 Å². The first-order valence-electron chi connectivity index (χ1n) is 5.61. The van der Waals surface area contributed by atoms with Crippen molar-refractivity contribution >= 4 is 6.34 Å². The molecule has 2 fully saturated rings. The molecule has 14 heavy (non-hydrogen) atoms. The SMILES string of the molecule is C1=NCCN1N=NC(C1CC1)C1CC1. The summed E-state index contributed by atoms with van der Waals surface area (Å²) < 4.78 is 0. The third-order valence-electron chi connectivity index (χ3n) is 3.18. The van der Waals surface area contributed by atoms with Crippen LogP contribution < -0.4 is 0 Å². The first kappa shape index (κ1) is 8.38. The third kappa shape index (κ3) is 1.79. The van der Waals surface area contributed by atoms with E-state index in [4.69, 9.17) is 0 Å². The Hall–Kier alpha value is -0.930. The molecule has 0 N–H and O–H groups in total. The van der Waals surface area contributed by atoms with Gasteiger partial charge < -0.3 is 0 Å². The van der Waals surface area contributed by atoms with E-state index in [-0.39, 0.29) is 0 Å². The highest BCUT2D eigenvalue weighted by Crippen LogP contribution is 2.46. The average molecular weight is 192 g/mol. The van der Waals surface area contributed by atoms with Gasteiger partial charge in [-0.25, -0.2) is 5.01 Å². The molecule has 0 unspecified atom stereocenters. The highest BCUT2D eigenvalue weighted by molar-refractivity contribution is 5.56. The van der Waals surface area contributed by atoms with E-state index in [0.29, 0.717) is 6.04 Å². The summed E-state index contributed by atoms with van der Waals surface area (Å²) in [4.78, 5) is 4.11. The highest BCUT2D eigenvalue weighted by Gasteiger charge is 2.41. The molecule has 3 rings (SSSR count). The summed E-state index contributed by atoms with van der Waals surface area (Å²) in [5.41, 5.74) is 0. The topological polar surface area (TPSA) is 40.3 Å². The molecule has 0 radical (unpaired) electrons. The van der Waals surface area contributed by atoms with E-state index in [1.807, 2.05) is 5.01 Å². The van der Waals surface area contributed by atoms with Crippen molar-refractivity contribution in [1.29, 1.82) is 0 Å². The lowest BCUT2D eigenvalue weighted by Gasteiger charge is -2.09. The monoisotopic (exact) mass is 192 g/mol. The minimum absolute atomic E-state index is 0.531. The molecule has 0 aromatic rings. The molecule has 0 saturated heterocycles. The molecule has 1 aliphatic heterocycles. The van der Waals surface area contributed by atoms with Gasteiger partial charge >= 0.3 is 0 Å². The number of hydrogen-bond donors (Lipinski definition) is 0. The summed E-state index contributed by atoms with van der Waals surface area (Å²) in [5.74, 6) is 1.71. The molecule has 0 amide bonds. The summed E-state index contributed by atoms with van der Waals surface area (Å²) >= 11 is 0. The maximum absolute atomic E-state index is 4.49. The van der Waals surface area contributed by atoms with Crippen molar-refractivity contribution < 1.29 is 0 Å². The Morgan fingerprint density at radius 3 is 2.43 bits per heavy atom. The fraction of sp³-hybridized carbons (Fsp3) is 0.900. The molecule has 3 aliphatic rings. The molecular formula is C10H16N4. The Kier molecular flexibility index (Phi) is 2.00. The second-order valence-electron chi connectivity index (χ2n) is 4.56. The van der Waals surface area contributed by atoms with Crippen LogP contribution in [0.3, 0.4) is 0 Å². The van der Waals surface area contributed by atoms with Crippen LogP contribution in [0.1, 0.15) is 25.7 Å². The molecule has 0 aromatic heterocycles. The van der Waals surface area contributed by atoms with Crippen LogP contribution in [0.5, 0.6) is 0 Å². The van der Waals surface area contributed by atoms with Crippen LogP contribution in [0.4, 0.5) is 0 Å². The lowest BCUT2D eigenvalue weighted by atomic mass is 10.1. The molecule has 0 spiro atoms. The standard InChI is InChI=1S/C10H16N4/c1-2-8(1)10(9-3-4-9)12-13-14-6-5-11-7-14/h7-10H,1-6H2. The molecule has 2 saturated carbocycles. The van der Waals surface area contributed by atoms with Crippen molar-refractivity contribution in [1.82, 2.24) is 5.01 Å². The first-order chi connectivity index (χ1) is 6.93. The molecule has 76 valence electrons. The van der Waals surface area contributed by atoms with Crippen molar-refractivity contribution in [3.8, 4) is 0 Å². The lowest BCUT2D eigenvalue weighted by molar-refractivity contribution is 0.408. The zero-order chi connectivity index (χ0) is 9.38. The van der Waals surface area contributed by atoms with Crippen LogP contribution in [0.2, 0.25) is 0 Å². The van der Waals surface area contributed by atoms with E-state index in [0.717, 1.165) is 24.9 Å². The number of hydrogen-bond acceptors (Lipinski definition) is 3. The van der Waals surface area contributed by atoms with Gasteiger partial charge in [-0.1, -0.05) is 5.22 Å². The molecular weight excluding hydrogens is 176 g/mol. The Balaban J connectivity index is 1.59. The second-order valence-corrected chi connectivity index (χ2v) is 4.56. The van der Waals surface area contributed by atoms with Crippen LogP contribution >= 0.6 is 0 Å². The van der Waals surface area contributed by atoms with Crippen molar-refractivity contribution in [3.63, 3.8) is 0 Å². The van der Waals surface area contributed by atoms with Gasteiger partial charge in [-0.3, -0.25) is 4.99 Å². The van der Waals surface area contributed by atoms with Crippen LogP contribution in [-0.2, 0) is 0 Å². The van der Waals surface area contributed by atoms with Crippen molar-refractivity contribution in [2.24, 2.45) is 27.2 Å². The molecule has 1 heterocycles. The Morgan fingerprint density at radius 2 is 1.93 bits per heavy atom. The molecule has 0 bridgehead atoms. The van der Waals surface area contributed by atoms with Crippen LogP contribution in [0.15, 0.2) is 15.3 Å². The minimum atomic E-state index is 0.531. The predicted molar refractivity (Wildman–Crippen MR) is 54.2 cm³/mol. The summed E-state index contributed by atoms with van der Waals surface area (Å²) in [5, 5.41) is 10.6. The lowest BCUT2D eigenvalue weighted by Crippen LogP contribution is -2.15. The zero-order valence-electron chi connectivity index (χ0n) is 8.34.